The van der Waals surface area contributed by atoms with E-state index in [-0.39, 0.29) is 24.3 Å². The molecule has 0 saturated carbocycles. The minimum Gasteiger partial charge on any atom is -0.423 e. The number of aromatic nitrogens is 1. The fourth-order valence-electron chi connectivity index (χ4n) is 3.78. The van der Waals surface area contributed by atoms with E-state index in [1.165, 1.54) is 6.07 Å². The van der Waals surface area contributed by atoms with Crippen molar-refractivity contribution in [1.82, 2.24) is 15.2 Å². The van der Waals surface area contributed by atoms with E-state index >= 15 is 0 Å². The molecule has 1 atom stereocenters. The van der Waals surface area contributed by atoms with E-state index in [2.05, 4.69) is 10.3 Å². The van der Waals surface area contributed by atoms with Gasteiger partial charge in [0, 0.05) is 36.7 Å². The van der Waals surface area contributed by atoms with Gasteiger partial charge in [0.15, 0.2) is 0 Å². The minimum absolute atomic E-state index is 0.00673. The maximum absolute atomic E-state index is 13.3. The van der Waals surface area contributed by atoms with E-state index in [0.717, 1.165) is 16.6 Å². The predicted octanol–water partition coefficient (Wildman–Crippen LogP) is 2.35. The number of nitrogens with one attached hydrogen (secondary N) is 1. The first-order valence-corrected chi connectivity index (χ1v) is 9.98. The topological polar surface area (TPSA) is 92.5 Å². The van der Waals surface area contributed by atoms with Crippen LogP contribution in [0, 0.1) is 6.92 Å². The van der Waals surface area contributed by atoms with E-state index < -0.39 is 5.63 Å². The molecule has 1 saturated heterocycles. The number of benzene rings is 1. The Morgan fingerprint density at radius 1 is 1.23 bits per heavy atom. The molecule has 2 amide bonds. The fourth-order valence-corrected chi connectivity index (χ4v) is 3.78. The summed E-state index contributed by atoms with van der Waals surface area (Å²) in [6, 6.07) is 12.5. The zero-order chi connectivity index (χ0) is 21.1. The van der Waals surface area contributed by atoms with Gasteiger partial charge in [0.1, 0.15) is 5.58 Å². The monoisotopic (exact) mass is 405 g/mol. The molecule has 7 heteroatoms. The zero-order valence-corrected chi connectivity index (χ0v) is 16.8. The summed E-state index contributed by atoms with van der Waals surface area (Å²) in [5.41, 5.74) is 2.37. The largest absolute Gasteiger partial charge is 0.423 e. The lowest BCUT2D eigenvalue weighted by Crippen LogP contribution is -2.42. The molecular weight excluding hydrogens is 382 g/mol. The average Bonchev–Trinajstić information content (AvgIpc) is 3.12. The van der Waals surface area contributed by atoms with Gasteiger partial charge in [-0.15, -0.1) is 0 Å². The second-order valence-corrected chi connectivity index (χ2v) is 7.67. The molecule has 154 valence electrons. The number of hydrogen-bond acceptors (Lipinski definition) is 5. The van der Waals surface area contributed by atoms with E-state index in [9.17, 15) is 14.4 Å². The summed E-state index contributed by atoms with van der Waals surface area (Å²) in [7, 11) is 0. The summed E-state index contributed by atoms with van der Waals surface area (Å²) in [6.07, 6.45) is 2.92. The molecule has 3 aromatic rings. The van der Waals surface area contributed by atoms with Crippen molar-refractivity contribution in [3.05, 3.63) is 75.9 Å². The van der Waals surface area contributed by atoms with Gasteiger partial charge >= 0.3 is 5.63 Å². The van der Waals surface area contributed by atoms with Crippen LogP contribution < -0.4 is 10.9 Å². The minimum atomic E-state index is -0.477. The van der Waals surface area contributed by atoms with E-state index in [1.54, 1.807) is 17.2 Å². The van der Waals surface area contributed by atoms with Gasteiger partial charge in [0.25, 0.3) is 0 Å². The number of carbonyl (C=O) groups excluding carboxylic acids is 2. The van der Waals surface area contributed by atoms with Crippen LogP contribution >= 0.6 is 0 Å². The molecular formula is C23H23N3O4. The molecule has 0 unspecified atom stereocenters. The van der Waals surface area contributed by atoms with Gasteiger partial charge in [0.05, 0.1) is 18.7 Å². The number of pyridine rings is 1. The Bertz CT molecular complexity index is 1140. The Morgan fingerprint density at radius 3 is 2.83 bits per heavy atom. The number of fused-ring (bicyclic) bond motifs is 1. The lowest BCUT2D eigenvalue weighted by Gasteiger charge is -2.26. The second-order valence-electron chi connectivity index (χ2n) is 7.67. The van der Waals surface area contributed by atoms with Crippen molar-refractivity contribution in [1.29, 1.82) is 0 Å². The molecule has 0 radical (unpaired) electrons. The first-order chi connectivity index (χ1) is 14.5. The van der Waals surface area contributed by atoms with E-state index in [1.807, 2.05) is 37.3 Å². The lowest BCUT2D eigenvalue weighted by atomic mass is 10.0. The highest BCUT2D eigenvalue weighted by molar-refractivity contribution is 5.87. The van der Waals surface area contributed by atoms with Crippen LogP contribution in [0.5, 0.6) is 0 Å². The molecule has 1 fully saturated rings. The predicted molar refractivity (Wildman–Crippen MR) is 112 cm³/mol. The fraction of sp³-hybridized carbons (Fsp3) is 0.304. The smallest absolute Gasteiger partial charge is 0.336 e. The molecule has 7 nitrogen and oxygen atoms in total. The highest BCUT2D eigenvalue weighted by atomic mass is 16.4. The van der Waals surface area contributed by atoms with Crippen molar-refractivity contribution < 1.29 is 14.0 Å². The summed E-state index contributed by atoms with van der Waals surface area (Å²) in [6.45, 7) is 2.66. The van der Waals surface area contributed by atoms with Crippen molar-refractivity contribution in [2.75, 3.05) is 6.54 Å². The number of hydrogen-bond donors (Lipinski definition) is 1. The Kier molecular flexibility index (Phi) is 5.61. The Morgan fingerprint density at radius 2 is 2.10 bits per heavy atom. The first-order valence-electron chi connectivity index (χ1n) is 9.98. The van der Waals surface area contributed by atoms with Gasteiger partial charge in [-0.25, -0.2) is 4.79 Å². The first kappa shape index (κ1) is 19.8. The van der Waals surface area contributed by atoms with Crippen LogP contribution in [0.1, 0.15) is 29.7 Å². The SMILES string of the molecule is Cc1ccc2c(CC(=O)N(Cc3ccccn3)C[C@@H]3CCC(=O)N3)cc(=O)oc2c1. The molecule has 30 heavy (non-hydrogen) atoms. The van der Waals surface area contributed by atoms with Crippen LogP contribution in [0.2, 0.25) is 0 Å². The van der Waals surface area contributed by atoms with Gasteiger partial charge in [-0.05, 0) is 42.7 Å². The van der Waals surface area contributed by atoms with Crippen LogP contribution in [0.25, 0.3) is 11.0 Å². The van der Waals surface area contributed by atoms with Crippen LogP contribution in [0.3, 0.4) is 0 Å². The molecule has 1 aliphatic rings. The van der Waals surface area contributed by atoms with Gasteiger partial charge in [-0.2, -0.15) is 0 Å². The van der Waals surface area contributed by atoms with Crippen molar-refractivity contribution in [3.8, 4) is 0 Å². The van der Waals surface area contributed by atoms with Crippen molar-refractivity contribution in [2.45, 2.75) is 38.8 Å². The number of aryl methyl sites for hydroxylation is 1. The summed E-state index contributed by atoms with van der Waals surface area (Å²) in [5, 5.41) is 3.67. The number of nitrogens with zero attached hydrogens (tertiary/aromatic N) is 2. The maximum Gasteiger partial charge on any atom is 0.336 e. The molecule has 0 aliphatic carbocycles. The second kappa shape index (κ2) is 8.49. The third kappa shape index (κ3) is 4.56. The van der Waals surface area contributed by atoms with Crippen molar-refractivity contribution in [3.63, 3.8) is 0 Å². The van der Waals surface area contributed by atoms with Crippen LogP contribution in [-0.4, -0.2) is 34.3 Å². The molecule has 0 bridgehead atoms. The summed E-state index contributed by atoms with van der Waals surface area (Å²) >= 11 is 0. The van der Waals surface area contributed by atoms with Crippen molar-refractivity contribution >= 4 is 22.8 Å². The summed E-state index contributed by atoms with van der Waals surface area (Å²) in [5.74, 6) is -0.124. The Hall–Kier alpha value is -3.48. The van der Waals surface area contributed by atoms with Gasteiger partial charge < -0.3 is 14.6 Å². The lowest BCUT2D eigenvalue weighted by molar-refractivity contribution is -0.131. The van der Waals surface area contributed by atoms with Gasteiger partial charge in [0.2, 0.25) is 11.8 Å². The highest BCUT2D eigenvalue weighted by Gasteiger charge is 2.26. The summed E-state index contributed by atoms with van der Waals surface area (Å²) in [4.78, 5) is 42.9. The third-order valence-electron chi connectivity index (χ3n) is 5.28. The third-order valence-corrected chi connectivity index (χ3v) is 5.28. The Balaban J connectivity index is 1.60. The average molecular weight is 405 g/mol. The quantitative estimate of drug-likeness (QED) is 0.636. The van der Waals surface area contributed by atoms with Crippen LogP contribution in [0.15, 0.2) is 57.9 Å². The molecule has 0 spiro atoms. The van der Waals surface area contributed by atoms with Crippen molar-refractivity contribution in [2.24, 2.45) is 0 Å². The Labute approximate surface area is 173 Å². The van der Waals surface area contributed by atoms with Crippen LogP contribution in [0.4, 0.5) is 0 Å². The van der Waals surface area contributed by atoms with E-state index in [0.29, 0.717) is 37.1 Å². The molecule has 1 aliphatic heterocycles. The number of carbonyl (C=O) groups is 2. The number of rotatable bonds is 6. The van der Waals surface area contributed by atoms with E-state index in [4.69, 9.17) is 4.42 Å². The molecule has 4 rings (SSSR count). The standard InChI is InChI=1S/C23H23N3O4/c1-15-5-7-19-16(12-23(29)30-20(19)10-15)11-22(28)26(13-17-4-2-3-9-24-17)14-18-6-8-21(27)25-18/h2-5,7,9-10,12,18H,6,8,11,13-14H2,1H3,(H,25,27)/t18-/m0/s1. The van der Waals surface area contributed by atoms with Gasteiger partial charge in [-0.1, -0.05) is 18.2 Å². The highest BCUT2D eigenvalue weighted by Crippen LogP contribution is 2.20. The zero-order valence-electron chi connectivity index (χ0n) is 16.8. The molecule has 1 N–H and O–H groups in total. The normalized spacial score (nSPS) is 15.9. The summed E-state index contributed by atoms with van der Waals surface area (Å²) < 4.78 is 5.30. The van der Waals surface area contributed by atoms with Gasteiger partial charge in [-0.3, -0.25) is 14.6 Å². The molecule has 3 heterocycles. The molecule has 2 aromatic heterocycles. The maximum atomic E-state index is 13.3. The number of amides is 2. The van der Waals surface area contributed by atoms with Crippen LogP contribution in [-0.2, 0) is 22.6 Å². The molecule has 1 aromatic carbocycles.